The molecule has 0 atom stereocenters. The number of aromatic nitrogens is 2. The van der Waals surface area contributed by atoms with Gasteiger partial charge in [-0.15, -0.1) is 0 Å². The number of nitrogens with zero attached hydrogens (tertiary/aromatic N) is 3. The molecule has 5 heteroatoms. The number of halogens is 2. The number of aryl methyl sites for hydroxylation is 1. The van der Waals surface area contributed by atoms with Crippen molar-refractivity contribution in [3.8, 4) is 17.3 Å². The summed E-state index contributed by atoms with van der Waals surface area (Å²) in [4.78, 5) is 3.82. The number of hydrogen-bond acceptors (Lipinski definition) is 2. The summed E-state index contributed by atoms with van der Waals surface area (Å²) in [6, 6.07) is 5.09. The Morgan fingerprint density at radius 3 is 2.75 bits per heavy atom. The Morgan fingerprint density at radius 2 is 2.12 bits per heavy atom. The molecule has 3 nitrogen and oxygen atoms in total. The van der Waals surface area contributed by atoms with Crippen LogP contribution in [-0.4, -0.2) is 9.55 Å². The predicted molar refractivity (Wildman–Crippen MR) is 53.3 cm³/mol. The number of hydrogen-bond donors (Lipinski definition) is 0. The number of rotatable bonds is 1. The molecule has 0 bridgehead atoms. The first kappa shape index (κ1) is 10.3. The van der Waals surface area contributed by atoms with E-state index in [0.29, 0.717) is 5.69 Å². The van der Waals surface area contributed by atoms with E-state index >= 15 is 0 Å². The van der Waals surface area contributed by atoms with E-state index in [9.17, 15) is 8.78 Å². The van der Waals surface area contributed by atoms with Crippen LogP contribution in [0.5, 0.6) is 0 Å². The molecule has 2 aromatic rings. The van der Waals surface area contributed by atoms with Gasteiger partial charge in [-0.2, -0.15) is 5.26 Å². The maximum Gasteiger partial charge on any atom is 0.166 e. The molecule has 0 saturated carbocycles. The molecular formula is C11H7F2N3. The van der Waals surface area contributed by atoms with E-state index in [0.717, 1.165) is 12.1 Å². The minimum Gasteiger partial charge on any atom is -0.333 e. The molecule has 0 radical (unpaired) electrons. The van der Waals surface area contributed by atoms with Gasteiger partial charge in [0, 0.05) is 18.7 Å². The summed E-state index contributed by atoms with van der Waals surface area (Å²) in [6.45, 7) is 0. The Labute approximate surface area is 90.6 Å². The van der Waals surface area contributed by atoms with E-state index in [4.69, 9.17) is 5.26 Å². The molecule has 1 heterocycles. The third-order valence-corrected chi connectivity index (χ3v) is 2.23. The van der Waals surface area contributed by atoms with E-state index in [-0.39, 0.29) is 11.3 Å². The standard InChI is InChI=1S/C11H7F2N3/c1-16-6-15-10(5-14)11(16)8-3-2-7(12)4-9(8)13/h2-4,6H,1H3. The fourth-order valence-electron chi connectivity index (χ4n) is 1.51. The fraction of sp³-hybridized carbons (Fsp3) is 0.0909. The van der Waals surface area contributed by atoms with Gasteiger partial charge in [0.15, 0.2) is 5.69 Å². The molecule has 0 amide bonds. The molecule has 16 heavy (non-hydrogen) atoms. The maximum atomic E-state index is 13.5. The minimum absolute atomic E-state index is 0.119. The van der Waals surface area contributed by atoms with Crippen molar-refractivity contribution < 1.29 is 8.78 Å². The molecule has 0 unspecified atom stereocenters. The van der Waals surface area contributed by atoms with E-state index in [1.54, 1.807) is 7.05 Å². The van der Waals surface area contributed by atoms with Crippen molar-refractivity contribution >= 4 is 0 Å². The van der Waals surface area contributed by atoms with Crippen LogP contribution in [0.1, 0.15) is 5.69 Å². The van der Waals surface area contributed by atoms with Crippen LogP contribution in [-0.2, 0) is 7.05 Å². The van der Waals surface area contributed by atoms with Crippen molar-refractivity contribution in [2.45, 2.75) is 0 Å². The Balaban J connectivity index is 2.68. The van der Waals surface area contributed by atoms with Crippen LogP contribution in [0, 0.1) is 23.0 Å². The second kappa shape index (κ2) is 3.74. The largest absolute Gasteiger partial charge is 0.333 e. The summed E-state index contributed by atoms with van der Waals surface area (Å²) in [6.07, 6.45) is 1.41. The molecule has 0 aliphatic rings. The molecule has 0 spiro atoms. The summed E-state index contributed by atoms with van der Waals surface area (Å²) in [5, 5.41) is 8.82. The molecule has 80 valence electrons. The number of imidazole rings is 1. The van der Waals surface area contributed by atoms with E-state index in [1.807, 2.05) is 6.07 Å². The van der Waals surface area contributed by atoms with Crippen molar-refractivity contribution in [3.05, 3.63) is 41.9 Å². The highest BCUT2D eigenvalue weighted by Crippen LogP contribution is 2.25. The first-order chi connectivity index (χ1) is 7.63. The highest BCUT2D eigenvalue weighted by molar-refractivity contribution is 5.66. The van der Waals surface area contributed by atoms with Crippen LogP contribution in [0.4, 0.5) is 8.78 Å². The van der Waals surface area contributed by atoms with Crippen LogP contribution in [0.3, 0.4) is 0 Å². The summed E-state index contributed by atoms with van der Waals surface area (Å²) in [5.41, 5.74) is 0.631. The highest BCUT2D eigenvalue weighted by atomic mass is 19.1. The zero-order chi connectivity index (χ0) is 11.7. The predicted octanol–water partition coefficient (Wildman–Crippen LogP) is 2.24. The van der Waals surface area contributed by atoms with Gasteiger partial charge in [0.25, 0.3) is 0 Å². The van der Waals surface area contributed by atoms with Gasteiger partial charge in [-0.1, -0.05) is 0 Å². The Morgan fingerprint density at radius 1 is 1.38 bits per heavy atom. The molecule has 2 rings (SSSR count). The van der Waals surface area contributed by atoms with Gasteiger partial charge in [-0.05, 0) is 12.1 Å². The molecular weight excluding hydrogens is 212 g/mol. The zero-order valence-corrected chi connectivity index (χ0v) is 8.41. The van der Waals surface area contributed by atoms with Gasteiger partial charge in [0.05, 0.1) is 12.0 Å². The Hall–Kier alpha value is -2.22. The van der Waals surface area contributed by atoms with E-state index < -0.39 is 11.6 Å². The Kier molecular flexibility index (Phi) is 2.41. The summed E-state index contributed by atoms with van der Waals surface area (Å²) >= 11 is 0. The summed E-state index contributed by atoms with van der Waals surface area (Å²) in [7, 11) is 1.64. The molecule has 0 aliphatic heterocycles. The average Bonchev–Trinajstić information content (AvgIpc) is 2.60. The topological polar surface area (TPSA) is 41.6 Å². The Bertz CT molecular complexity index is 581. The quantitative estimate of drug-likeness (QED) is 0.738. The van der Waals surface area contributed by atoms with Crippen LogP contribution in [0.25, 0.3) is 11.3 Å². The molecule has 0 saturated heterocycles. The summed E-state index contributed by atoms with van der Waals surface area (Å²) in [5.74, 6) is -1.36. The van der Waals surface area contributed by atoms with Crippen molar-refractivity contribution in [3.63, 3.8) is 0 Å². The van der Waals surface area contributed by atoms with Crippen molar-refractivity contribution in [1.82, 2.24) is 9.55 Å². The average molecular weight is 219 g/mol. The minimum atomic E-state index is -0.708. The lowest BCUT2D eigenvalue weighted by Gasteiger charge is -2.04. The molecule has 0 fully saturated rings. The van der Waals surface area contributed by atoms with Crippen LogP contribution >= 0.6 is 0 Å². The lowest BCUT2D eigenvalue weighted by Crippen LogP contribution is -1.95. The van der Waals surface area contributed by atoms with Crippen molar-refractivity contribution in [2.24, 2.45) is 7.05 Å². The van der Waals surface area contributed by atoms with Gasteiger partial charge in [-0.25, -0.2) is 13.8 Å². The molecule has 1 aromatic heterocycles. The van der Waals surface area contributed by atoms with Gasteiger partial charge in [0.2, 0.25) is 0 Å². The summed E-state index contributed by atoms with van der Waals surface area (Å²) < 4.78 is 27.8. The SMILES string of the molecule is Cn1cnc(C#N)c1-c1ccc(F)cc1F. The molecule has 1 aromatic carbocycles. The molecule has 0 N–H and O–H groups in total. The fourth-order valence-corrected chi connectivity index (χ4v) is 1.51. The molecule has 0 aliphatic carbocycles. The normalized spacial score (nSPS) is 10.1. The van der Waals surface area contributed by atoms with Crippen LogP contribution in [0.15, 0.2) is 24.5 Å². The highest BCUT2D eigenvalue weighted by Gasteiger charge is 2.15. The first-order valence-corrected chi connectivity index (χ1v) is 4.50. The zero-order valence-electron chi connectivity index (χ0n) is 8.41. The maximum absolute atomic E-state index is 13.5. The number of nitriles is 1. The van der Waals surface area contributed by atoms with Gasteiger partial charge < -0.3 is 4.57 Å². The van der Waals surface area contributed by atoms with Gasteiger partial charge >= 0.3 is 0 Å². The van der Waals surface area contributed by atoms with Crippen molar-refractivity contribution in [2.75, 3.05) is 0 Å². The van der Waals surface area contributed by atoms with E-state index in [1.165, 1.54) is 17.0 Å². The second-order valence-electron chi connectivity index (χ2n) is 3.29. The van der Waals surface area contributed by atoms with E-state index in [2.05, 4.69) is 4.98 Å². The smallest absolute Gasteiger partial charge is 0.166 e. The first-order valence-electron chi connectivity index (χ1n) is 4.50. The monoisotopic (exact) mass is 219 g/mol. The number of benzene rings is 1. The third-order valence-electron chi connectivity index (χ3n) is 2.23. The lowest BCUT2D eigenvalue weighted by atomic mass is 10.1. The lowest BCUT2D eigenvalue weighted by molar-refractivity contribution is 0.584. The second-order valence-corrected chi connectivity index (χ2v) is 3.29. The van der Waals surface area contributed by atoms with Gasteiger partial charge in [0.1, 0.15) is 17.7 Å². The van der Waals surface area contributed by atoms with Gasteiger partial charge in [-0.3, -0.25) is 0 Å². The van der Waals surface area contributed by atoms with Crippen LogP contribution in [0.2, 0.25) is 0 Å². The third kappa shape index (κ3) is 1.54. The van der Waals surface area contributed by atoms with Crippen molar-refractivity contribution in [1.29, 1.82) is 5.26 Å². The van der Waals surface area contributed by atoms with Crippen LogP contribution < -0.4 is 0 Å².